The summed E-state index contributed by atoms with van der Waals surface area (Å²) < 4.78 is 30.4. The minimum Gasteiger partial charge on any atom is -0.316 e. The van der Waals surface area contributed by atoms with Crippen molar-refractivity contribution in [1.29, 1.82) is 0 Å². The Hall–Kier alpha value is -1.48. The van der Waals surface area contributed by atoms with E-state index in [1.165, 1.54) is 23.7 Å². The number of halogens is 1. The van der Waals surface area contributed by atoms with Crippen LogP contribution in [0.15, 0.2) is 35.2 Å². The summed E-state index contributed by atoms with van der Waals surface area (Å²) in [5.74, 6) is -0.280. The highest BCUT2D eigenvalue weighted by Crippen LogP contribution is 2.16. The van der Waals surface area contributed by atoms with Gasteiger partial charge < -0.3 is 5.32 Å². The van der Waals surface area contributed by atoms with Crippen molar-refractivity contribution >= 4 is 44.1 Å². The molecule has 2 aromatic rings. The molecule has 2 N–H and O–H groups in total. The number of amides is 1. The van der Waals surface area contributed by atoms with E-state index in [0.29, 0.717) is 10.0 Å². The first-order valence-corrected chi connectivity index (χ1v) is 8.99. The van der Waals surface area contributed by atoms with Gasteiger partial charge in [-0.3, -0.25) is 4.79 Å². The molecule has 1 amide bonds. The molecule has 0 saturated heterocycles. The SMILES string of the molecule is Cc1cc(NC(=O)CCNS(=O)(=O)c2cccc(Cl)c2)sn1. The molecule has 118 valence electrons. The molecule has 0 aliphatic heterocycles. The topological polar surface area (TPSA) is 88.2 Å². The van der Waals surface area contributed by atoms with Gasteiger partial charge >= 0.3 is 0 Å². The second-order valence-electron chi connectivity index (χ2n) is 4.49. The summed E-state index contributed by atoms with van der Waals surface area (Å²) in [6, 6.07) is 7.68. The Balaban J connectivity index is 1.86. The van der Waals surface area contributed by atoms with Crippen LogP contribution in [0.3, 0.4) is 0 Å². The maximum atomic E-state index is 12.0. The summed E-state index contributed by atoms with van der Waals surface area (Å²) in [5, 5.41) is 3.63. The number of aromatic nitrogens is 1. The van der Waals surface area contributed by atoms with Gasteiger partial charge in [0, 0.05) is 18.0 Å². The van der Waals surface area contributed by atoms with Crippen LogP contribution in [0.4, 0.5) is 5.00 Å². The van der Waals surface area contributed by atoms with Crippen molar-refractivity contribution in [1.82, 2.24) is 9.10 Å². The molecular weight excluding hydrogens is 346 g/mol. The van der Waals surface area contributed by atoms with Crippen LogP contribution in [0, 0.1) is 6.92 Å². The van der Waals surface area contributed by atoms with Crippen LogP contribution < -0.4 is 10.0 Å². The van der Waals surface area contributed by atoms with Crippen LogP contribution in [0.1, 0.15) is 12.1 Å². The van der Waals surface area contributed by atoms with E-state index in [1.807, 2.05) is 6.92 Å². The number of nitrogens with one attached hydrogen (secondary N) is 2. The minimum atomic E-state index is -3.67. The summed E-state index contributed by atoms with van der Waals surface area (Å²) in [5.41, 5.74) is 0.821. The molecule has 1 aromatic carbocycles. The smallest absolute Gasteiger partial charge is 0.240 e. The summed E-state index contributed by atoms with van der Waals surface area (Å²) in [6.07, 6.45) is 0.0245. The van der Waals surface area contributed by atoms with Crippen molar-refractivity contribution in [2.24, 2.45) is 0 Å². The van der Waals surface area contributed by atoms with Crippen molar-refractivity contribution in [3.63, 3.8) is 0 Å². The number of sulfonamides is 1. The summed E-state index contributed by atoms with van der Waals surface area (Å²) >= 11 is 6.95. The fourth-order valence-electron chi connectivity index (χ4n) is 1.64. The predicted octanol–water partition coefficient (Wildman–Crippen LogP) is 2.41. The lowest BCUT2D eigenvalue weighted by atomic mass is 10.4. The number of benzene rings is 1. The van der Waals surface area contributed by atoms with Crippen molar-refractivity contribution in [3.8, 4) is 0 Å². The molecule has 0 unspecified atom stereocenters. The van der Waals surface area contributed by atoms with E-state index in [0.717, 1.165) is 5.69 Å². The summed E-state index contributed by atoms with van der Waals surface area (Å²) in [6.45, 7) is 1.82. The third kappa shape index (κ3) is 4.77. The molecule has 6 nitrogen and oxygen atoms in total. The van der Waals surface area contributed by atoms with E-state index in [4.69, 9.17) is 11.6 Å². The normalized spacial score (nSPS) is 11.4. The minimum absolute atomic E-state index is 0.00152. The highest BCUT2D eigenvalue weighted by Gasteiger charge is 2.14. The standard InChI is InChI=1S/C13H14ClN3O3S2/c1-9-7-13(21-17-9)16-12(18)5-6-15-22(19,20)11-4-2-3-10(14)8-11/h2-4,7-8,15H,5-6H2,1H3,(H,16,18). The number of rotatable bonds is 6. The molecule has 0 fully saturated rings. The Morgan fingerprint density at radius 1 is 1.36 bits per heavy atom. The largest absolute Gasteiger partial charge is 0.316 e. The van der Waals surface area contributed by atoms with Crippen molar-refractivity contribution in [3.05, 3.63) is 41.0 Å². The zero-order valence-corrected chi connectivity index (χ0v) is 14.1. The molecule has 22 heavy (non-hydrogen) atoms. The maximum absolute atomic E-state index is 12.0. The Morgan fingerprint density at radius 3 is 2.77 bits per heavy atom. The lowest BCUT2D eigenvalue weighted by molar-refractivity contribution is -0.116. The zero-order chi connectivity index (χ0) is 16.2. The molecule has 2 rings (SSSR count). The first-order valence-electron chi connectivity index (χ1n) is 6.35. The lowest BCUT2D eigenvalue weighted by Crippen LogP contribution is -2.27. The lowest BCUT2D eigenvalue weighted by Gasteiger charge is -2.07. The third-order valence-corrected chi connectivity index (χ3v) is 5.13. The van der Waals surface area contributed by atoms with Crippen LogP contribution in [-0.2, 0) is 14.8 Å². The van der Waals surface area contributed by atoms with Gasteiger partial charge in [-0.1, -0.05) is 17.7 Å². The van der Waals surface area contributed by atoms with E-state index in [-0.39, 0.29) is 23.8 Å². The summed E-state index contributed by atoms with van der Waals surface area (Å²) in [7, 11) is -3.67. The molecule has 0 aliphatic carbocycles. The van der Waals surface area contributed by atoms with E-state index in [9.17, 15) is 13.2 Å². The molecule has 1 aromatic heterocycles. The predicted molar refractivity (Wildman–Crippen MR) is 86.7 cm³/mol. The molecular formula is C13H14ClN3O3S2. The van der Waals surface area contributed by atoms with Gasteiger partial charge in [-0.2, -0.15) is 4.37 Å². The van der Waals surface area contributed by atoms with Crippen molar-refractivity contribution in [2.75, 3.05) is 11.9 Å². The quantitative estimate of drug-likeness (QED) is 0.829. The molecule has 0 saturated carbocycles. The number of carbonyl (C=O) groups is 1. The van der Waals surface area contributed by atoms with Crippen LogP contribution in [-0.4, -0.2) is 25.2 Å². The molecule has 0 radical (unpaired) electrons. The number of nitrogens with zero attached hydrogens (tertiary/aromatic N) is 1. The van der Waals surface area contributed by atoms with Crippen molar-refractivity contribution < 1.29 is 13.2 Å². The highest BCUT2D eigenvalue weighted by molar-refractivity contribution is 7.89. The van der Waals surface area contributed by atoms with Crippen LogP contribution in [0.25, 0.3) is 0 Å². The molecule has 1 heterocycles. The fourth-order valence-corrected chi connectivity index (χ4v) is 3.65. The number of carbonyl (C=O) groups excluding carboxylic acids is 1. The Kier molecular flexibility index (Phi) is 5.52. The number of hydrogen-bond donors (Lipinski definition) is 2. The van der Waals surface area contributed by atoms with Gasteiger partial charge in [0.1, 0.15) is 5.00 Å². The van der Waals surface area contributed by atoms with Gasteiger partial charge in [-0.15, -0.1) is 0 Å². The van der Waals surface area contributed by atoms with Crippen molar-refractivity contribution in [2.45, 2.75) is 18.2 Å². The molecule has 0 aliphatic rings. The third-order valence-electron chi connectivity index (χ3n) is 2.64. The van der Waals surface area contributed by atoms with E-state index in [2.05, 4.69) is 14.4 Å². The highest BCUT2D eigenvalue weighted by atomic mass is 35.5. The van der Waals surface area contributed by atoms with E-state index < -0.39 is 10.0 Å². The Labute approximate surface area is 137 Å². The zero-order valence-electron chi connectivity index (χ0n) is 11.7. The number of hydrogen-bond acceptors (Lipinski definition) is 5. The molecule has 0 bridgehead atoms. The average Bonchev–Trinajstić information content (AvgIpc) is 2.84. The van der Waals surface area contributed by atoms with Gasteiger partial charge in [-0.25, -0.2) is 13.1 Å². The molecule has 9 heteroatoms. The van der Waals surface area contributed by atoms with Gasteiger partial charge in [0.05, 0.1) is 10.6 Å². The number of aryl methyl sites for hydroxylation is 1. The molecule has 0 spiro atoms. The Morgan fingerprint density at radius 2 is 2.14 bits per heavy atom. The van der Waals surface area contributed by atoms with Gasteiger partial charge in [-0.05, 0) is 42.7 Å². The maximum Gasteiger partial charge on any atom is 0.240 e. The van der Waals surface area contributed by atoms with Crippen LogP contribution in [0.5, 0.6) is 0 Å². The summed E-state index contributed by atoms with van der Waals surface area (Å²) in [4.78, 5) is 11.8. The van der Waals surface area contributed by atoms with E-state index >= 15 is 0 Å². The monoisotopic (exact) mass is 359 g/mol. The van der Waals surface area contributed by atoms with Gasteiger partial charge in [0.15, 0.2) is 0 Å². The first kappa shape index (κ1) is 16.9. The van der Waals surface area contributed by atoms with Crippen LogP contribution >= 0.6 is 23.1 Å². The fraction of sp³-hybridized carbons (Fsp3) is 0.231. The van der Waals surface area contributed by atoms with Crippen LogP contribution in [0.2, 0.25) is 5.02 Å². The Bertz CT molecular complexity index is 774. The second-order valence-corrected chi connectivity index (χ2v) is 7.49. The number of anilines is 1. The second kappa shape index (κ2) is 7.19. The van der Waals surface area contributed by atoms with Gasteiger partial charge in [0.25, 0.3) is 0 Å². The average molecular weight is 360 g/mol. The first-order chi connectivity index (χ1) is 10.4. The van der Waals surface area contributed by atoms with E-state index in [1.54, 1.807) is 18.2 Å². The molecule has 0 atom stereocenters. The van der Waals surface area contributed by atoms with Gasteiger partial charge in [0.2, 0.25) is 15.9 Å².